The molecule has 8 nitrogen and oxygen atoms in total. The first-order valence-electron chi connectivity index (χ1n) is 9.92. The number of aryl methyl sites for hydroxylation is 1. The number of nitrogens with one attached hydrogen (secondary N) is 1. The first-order chi connectivity index (χ1) is 14.9. The Labute approximate surface area is 195 Å². The van der Waals surface area contributed by atoms with Crippen molar-refractivity contribution in [3.63, 3.8) is 0 Å². The first-order valence-corrected chi connectivity index (χ1v) is 11.5. The van der Waals surface area contributed by atoms with Gasteiger partial charge in [-0.1, -0.05) is 15.9 Å². The molecule has 3 heterocycles. The summed E-state index contributed by atoms with van der Waals surface area (Å²) < 4.78 is 6.89. The first kappa shape index (κ1) is 21.8. The van der Waals surface area contributed by atoms with E-state index in [9.17, 15) is 9.59 Å². The molecule has 1 N–H and O–H groups in total. The van der Waals surface area contributed by atoms with Crippen molar-refractivity contribution >= 4 is 60.5 Å². The van der Waals surface area contributed by atoms with Gasteiger partial charge in [0.15, 0.2) is 5.58 Å². The summed E-state index contributed by atoms with van der Waals surface area (Å²) in [5.41, 5.74) is 0.695. The lowest BCUT2D eigenvalue weighted by atomic mass is 10.1. The van der Waals surface area contributed by atoms with E-state index >= 15 is 0 Å². The van der Waals surface area contributed by atoms with Crippen LogP contribution in [0.3, 0.4) is 0 Å². The van der Waals surface area contributed by atoms with Crippen LogP contribution in [0.2, 0.25) is 0 Å². The number of carbonyl (C=O) groups is 1. The molecule has 0 aliphatic carbocycles. The highest BCUT2D eigenvalue weighted by molar-refractivity contribution is 9.11. The number of nitrogens with zero attached hydrogens (tertiary/aromatic N) is 4. The van der Waals surface area contributed by atoms with Crippen LogP contribution >= 0.6 is 31.9 Å². The van der Waals surface area contributed by atoms with Crippen molar-refractivity contribution in [1.82, 2.24) is 14.9 Å². The van der Waals surface area contributed by atoms with Crippen molar-refractivity contribution in [2.45, 2.75) is 13.8 Å². The van der Waals surface area contributed by atoms with Crippen LogP contribution in [0.25, 0.3) is 11.0 Å². The lowest BCUT2D eigenvalue weighted by Gasteiger charge is -2.34. The Morgan fingerprint density at radius 2 is 1.87 bits per heavy atom. The van der Waals surface area contributed by atoms with Gasteiger partial charge in [-0.15, -0.1) is 0 Å². The van der Waals surface area contributed by atoms with Gasteiger partial charge in [0.25, 0.3) is 5.91 Å². The van der Waals surface area contributed by atoms with E-state index in [0.29, 0.717) is 47.6 Å². The minimum Gasteiger partial charge on any atom is -0.421 e. The van der Waals surface area contributed by atoms with E-state index in [0.717, 1.165) is 22.5 Å². The number of halogens is 2. The molecule has 0 saturated carbocycles. The largest absolute Gasteiger partial charge is 0.421 e. The summed E-state index contributed by atoms with van der Waals surface area (Å²) in [7, 11) is 0. The van der Waals surface area contributed by atoms with Gasteiger partial charge in [-0.3, -0.25) is 4.79 Å². The van der Waals surface area contributed by atoms with Gasteiger partial charge < -0.3 is 19.5 Å². The highest BCUT2D eigenvalue weighted by Gasteiger charge is 2.26. The van der Waals surface area contributed by atoms with Crippen LogP contribution in [-0.2, 0) is 0 Å². The predicted molar refractivity (Wildman–Crippen MR) is 127 cm³/mol. The molecule has 31 heavy (non-hydrogen) atoms. The van der Waals surface area contributed by atoms with Crippen LogP contribution in [0.1, 0.15) is 23.0 Å². The molecule has 1 saturated heterocycles. The second kappa shape index (κ2) is 8.96. The Morgan fingerprint density at radius 1 is 1.13 bits per heavy atom. The Bertz CT molecular complexity index is 1210. The Hall–Kier alpha value is -2.46. The quantitative estimate of drug-likeness (QED) is 0.494. The van der Waals surface area contributed by atoms with Gasteiger partial charge in [-0.25, -0.2) is 9.78 Å². The third-order valence-electron chi connectivity index (χ3n) is 5.03. The zero-order valence-electron chi connectivity index (χ0n) is 17.1. The molecular formula is C21H21Br2N5O3. The number of hydrogen-bond donors (Lipinski definition) is 1. The SMILES string of the molecule is CCNc1cc(C)nc(N2CCN(C(=O)c3cc4cc(Br)cc(Br)c4oc3=O)CC2)n1. The highest BCUT2D eigenvalue weighted by atomic mass is 79.9. The van der Waals surface area contributed by atoms with Crippen LogP contribution in [0.15, 0.2) is 42.4 Å². The van der Waals surface area contributed by atoms with Gasteiger partial charge >= 0.3 is 5.63 Å². The summed E-state index contributed by atoms with van der Waals surface area (Å²) in [6, 6.07) is 7.11. The fourth-order valence-electron chi connectivity index (χ4n) is 3.55. The molecule has 4 rings (SSSR count). The number of hydrogen-bond acceptors (Lipinski definition) is 7. The lowest BCUT2D eigenvalue weighted by Crippen LogP contribution is -2.50. The smallest absolute Gasteiger partial charge is 0.349 e. The molecule has 0 radical (unpaired) electrons. The van der Waals surface area contributed by atoms with Gasteiger partial charge in [0.05, 0.1) is 4.47 Å². The summed E-state index contributed by atoms with van der Waals surface area (Å²) >= 11 is 6.81. The summed E-state index contributed by atoms with van der Waals surface area (Å²) in [5.74, 6) is 1.10. The maximum absolute atomic E-state index is 13.1. The number of benzene rings is 1. The predicted octanol–water partition coefficient (Wildman–Crippen LogP) is 3.81. The van der Waals surface area contributed by atoms with Crippen molar-refractivity contribution in [1.29, 1.82) is 0 Å². The van der Waals surface area contributed by atoms with E-state index < -0.39 is 5.63 Å². The molecule has 1 aliphatic rings. The van der Waals surface area contributed by atoms with Gasteiger partial charge in [0, 0.05) is 54.3 Å². The van der Waals surface area contributed by atoms with Crippen molar-refractivity contribution in [3.05, 3.63) is 54.9 Å². The second-order valence-corrected chi connectivity index (χ2v) is 9.03. The number of amides is 1. The second-order valence-electron chi connectivity index (χ2n) is 7.26. The molecule has 0 atom stereocenters. The van der Waals surface area contributed by atoms with Crippen molar-refractivity contribution in [3.8, 4) is 0 Å². The minimum atomic E-state index is -0.639. The Morgan fingerprint density at radius 3 is 2.58 bits per heavy atom. The zero-order chi connectivity index (χ0) is 22.1. The molecule has 1 aromatic carbocycles. The maximum atomic E-state index is 13.1. The third kappa shape index (κ3) is 4.59. The van der Waals surface area contributed by atoms with Gasteiger partial charge in [-0.05, 0) is 48.0 Å². The molecule has 0 spiro atoms. The fourth-order valence-corrected chi connectivity index (χ4v) is 4.89. The molecule has 2 aromatic heterocycles. The van der Waals surface area contributed by atoms with Crippen molar-refractivity contribution < 1.29 is 9.21 Å². The standard InChI is InChI=1S/C21H21Br2N5O3/c1-3-24-17-8-12(2)25-21(26-17)28-6-4-27(5-7-28)19(29)15-10-13-9-14(22)11-16(23)18(13)31-20(15)30/h8-11H,3-7H2,1-2H3,(H,24,25,26). The molecule has 1 amide bonds. The summed E-state index contributed by atoms with van der Waals surface area (Å²) in [6.07, 6.45) is 0. The topological polar surface area (TPSA) is 91.6 Å². The van der Waals surface area contributed by atoms with Gasteiger partial charge in [-0.2, -0.15) is 4.98 Å². The average Bonchev–Trinajstić information content (AvgIpc) is 2.73. The van der Waals surface area contributed by atoms with E-state index in [1.54, 1.807) is 17.0 Å². The number of aromatic nitrogens is 2. The van der Waals surface area contributed by atoms with E-state index in [-0.39, 0.29) is 11.5 Å². The van der Waals surface area contributed by atoms with Crippen molar-refractivity contribution in [2.24, 2.45) is 0 Å². The van der Waals surface area contributed by atoms with E-state index in [4.69, 9.17) is 4.42 Å². The normalized spacial score (nSPS) is 14.2. The van der Waals surface area contributed by atoms with Gasteiger partial charge in [0.1, 0.15) is 11.4 Å². The average molecular weight is 551 g/mol. The molecule has 10 heteroatoms. The van der Waals surface area contributed by atoms with E-state index in [1.807, 2.05) is 26.0 Å². The molecule has 0 unspecified atom stereocenters. The highest BCUT2D eigenvalue weighted by Crippen LogP contribution is 2.28. The number of anilines is 2. The molecule has 162 valence electrons. The number of piperazine rings is 1. The minimum absolute atomic E-state index is 0.0344. The fraction of sp³-hybridized carbons (Fsp3) is 0.333. The number of rotatable bonds is 4. The molecule has 1 fully saturated rings. The summed E-state index contributed by atoms with van der Waals surface area (Å²) in [6.45, 7) is 6.82. The Kier molecular flexibility index (Phi) is 6.29. The summed E-state index contributed by atoms with van der Waals surface area (Å²) in [5, 5.41) is 3.88. The number of carbonyl (C=O) groups excluding carboxylic acids is 1. The number of fused-ring (bicyclic) bond motifs is 1. The molecule has 3 aromatic rings. The van der Waals surface area contributed by atoms with E-state index in [2.05, 4.69) is 52.0 Å². The summed E-state index contributed by atoms with van der Waals surface area (Å²) in [4.78, 5) is 38.4. The molecule has 1 aliphatic heterocycles. The maximum Gasteiger partial charge on any atom is 0.349 e. The van der Waals surface area contributed by atoms with Crippen LogP contribution in [0.5, 0.6) is 0 Å². The van der Waals surface area contributed by atoms with Crippen LogP contribution in [0, 0.1) is 6.92 Å². The van der Waals surface area contributed by atoms with Gasteiger partial charge in [0.2, 0.25) is 5.95 Å². The van der Waals surface area contributed by atoms with Crippen molar-refractivity contribution in [2.75, 3.05) is 42.9 Å². The van der Waals surface area contributed by atoms with E-state index in [1.165, 1.54) is 0 Å². The zero-order valence-corrected chi connectivity index (χ0v) is 20.3. The monoisotopic (exact) mass is 549 g/mol. The molecular weight excluding hydrogens is 530 g/mol. The van der Waals surface area contributed by atoms with Crippen LogP contribution in [-0.4, -0.2) is 53.5 Å². The lowest BCUT2D eigenvalue weighted by molar-refractivity contribution is 0.0742. The van der Waals surface area contributed by atoms with Crippen LogP contribution in [0.4, 0.5) is 11.8 Å². The Balaban J connectivity index is 1.52. The van der Waals surface area contributed by atoms with Crippen LogP contribution < -0.4 is 15.8 Å². The molecule has 0 bridgehead atoms. The third-order valence-corrected chi connectivity index (χ3v) is 6.08.